The largest absolute Gasteiger partial charge is 0.497 e. The van der Waals surface area contributed by atoms with Crippen molar-refractivity contribution in [3.63, 3.8) is 0 Å². The molecule has 1 saturated heterocycles. The summed E-state index contributed by atoms with van der Waals surface area (Å²) in [6.45, 7) is 4.36. The molecule has 1 atom stereocenters. The predicted molar refractivity (Wildman–Crippen MR) is 119 cm³/mol. The second-order valence-electron chi connectivity index (χ2n) is 7.37. The van der Waals surface area contributed by atoms with Crippen molar-refractivity contribution in [1.82, 2.24) is 4.90 Å². The molecule has 0 amide bonds. The number of benzene rings is 2. The van der Waals surface area contributed by atoms with Crippen molar-refractivity contribution < 1.29 is 38.8 Å². The predicted octanol–water partition coefficient (Wildman–Crippen LogP) is 1.69. The van der Waals surface area contributed by atoms with E-state index < -0.39 is 18.0 Å². The van der Waals surface area contributed by atoms with Gasteiger partial charge in [-0.3, -0.25) is 4.90 Å². The number of β-amino-alcohol motifs (C(OH)–C–C–N with tert-alkyl or cyclic N) is 1. The third-order valence-electron chi connectivity index (χ3n) is 4.93. The lowest BCUT2D eigenvalue weighted by Gasteiger charge is -2.36. The first kappa shape index (κ1) is 26.0. The average molecular weight is 464 g/mol. The molecule has 3 N–H and O–H groups in total. The number of aliphatic hydroxyl groups excluding tert-OH is 1. The fourth-order valence-corrected chi connectivity index (χ4v) is 3.31. The summed E-state index contributed by atoms with van der Waals surface area (Å²) >= 11 is 0. The van der Waals surface area contributed by atoms with Crippen molar-refractivity contribution >= 4 is 17.6 Å². The summed E-state index contributed by atoms with van der Waals surface area (Å²) in [6.07, 6.45) is -0.546. The number of methoxy groups -OCH3 is 1. The van der Waals surface area contributed by atoms with Crippen LogP contribution in [0.4, 0.5) is 10.1 Å². The molecule has 1 unspecified atom stereocenters. The molecule has 0 spiro atoms. The lowest BCUT2D eigenvalue weighted by Crippen LogP contribution is -2.49. The fraction of sp³-hybridized carbons (Fsp3) is 0.391. The molecule has 2 aromatic carbocycles. The Morgan fingerprint density at radius 2 is 1.70 bits per heavy atom. The number of carbonyl (C=O) groups is 2. The Morgan fingerprint density at radius 1 is 1.03 bits per heavy atom. The zero-order valence-electron chi connectivity index (χ0n) is 18.4. The molecular formula is C23H29FN2O7. The minimum Gasteiger partial charge on any atom is -0.497 e. The second-order valence-corrected chi connectivity index (χ2v) is 7.37. The standard InChI is InChI=1S/C21H27FN2O3.C2H2O4/c1-26-19-6-4-5-17(13-19)15-27-16-18(25)14-23-9-11-24(12-10-23)21-8-3-2-7-20(21)22;3-1(4)2(5)6/h2-8,13,18,25H,9-12,14-16H2,1H3;(H,3,4)(H,5,6). The van der Waals surface area contributed by atoms with Crippen molar-refractivity contribution in [3.05, 3.63) is 59.9 Å². The fourth-order valence-electron chi connectivity index (χ4n) is 3.31. The van der Waals surface area contributed by atoms with Gasteiger partial charge in [-0.2, -0.15) is 0 Å². The molecule has 3 rings (SSSR count). The smallest absolute Gasteiger partial charge is 0.414 e. The van der Waals surface area contributed by atoms with E-state index in [4.69, 9.17) is 29.3 Å². The van der Waals surface area contributed by atoms with Crippen LogP contribution in [0.1, 0.15) is 5.56 Å². The van der Waals surface area contributed by atoms with Crippen LogP contribution >= 0.6 is 0 Å². The summed E-state index contributed by atoms with van der Waals surface area (Å²) in [5.41, 5.74) is 1.67. The summed E-state index contributed by atoms with van der Waals surface area (Å²) in [6, 6.07) is 14.6. The van der Waals surface area contributed by atoms with Gasteiger partial charge in [-0.25, -0.2) is 14.0 Å². The summed E-state index contributed by atoms with van der Waals surface area (Å²) in [5, 5.41) is 25.0. The molecule has 1 aliphatic heterocycles. The number of rotatable bonds is 8. The number of anilines is 1. The molecule has 0 bridgehead atoms. The second kappa shape index (κ2) is 13.4. The summed E-state index contributed by atoms with van der Waals surface area (Å²) < 4.78 is 24.7. The molecule has 1 heterocycles. The van der Waals surface area contributed by atoms with Gasteiger partial charge in [0.1, 0.15) is 11.6 Å². The first-order chi connectivity index (χ1) is 15.8. The monoisotopic (exact) mass is 464 g/mol. The van der Waals surface area contributed by atoms with Crippen LogP contribution in [0.15, 0.2) is 48.5 Å². The minimum atomic E-state index is -1.82. The van der Waals surface area contributed by atoms with Crippen LogP contribution in [0, 0.1) is 5.82 Å². The van der Waals surface area contributed by atoms with E-state index in [1.165, 1.54) is 6.07 Å². The van der Waals surface area contributed by atoms with Gasteiger partial charge in [0.15, 0.2) is 0 Å². The summed E-state index contributed by atoms with van der Waals surface area (Å²) in [5.74, 6) is -3.04. The van der Waals surface area contributed by atoms with Gasteiger partial charge in [0.05, 0.1) is 32.1 Å². The van der Waals surface area contributed by atoms with Crippen molar-refractivity contribution in [2.24, 2.45) is 0 Å². The van der Waals surface area contributed by atoms with Crippen LogP contribution in [-0.2, 0) is 20.9 Å². The molecule has 0 aromatic heterocycles. The number of para-hydroxylation sites is 1. The number of piperazine rings is 1. The molecule has 0 saturated carbocycles. The Labute approximate surface area is 191 Å². The van der Waals surface area contributed by atoms with Gasteiger partial charge in [-0.05, 0) is 29.8 Å². The number of ether oxygens (including phenoxy) is 2. The Hall–Kier alpha value is -3.21. The first-order valence-corrected chi connectivity index (χ1v) is 10.4. The van der Waals surface area contributed by atoms with Crippen LogP contribution in [0.3, 0.4) is 0 Å². The highest BCUT2D eigenvalue weighted by atomic mass is 19.1. The molecule has 33 heavy (non-hydrogen) atoms. The number of carboxylic acid groups (broad SMARTS) is 2. The van der Waals surface area contributed by atoms with E-state index in [0.717, 1.165) is 37.5 Å². The first-order valence-electron chi connectivity index (χ1n) is 10.4. The lowest BCUT2D eigenvalue weighted by atomic mass is 10.2. The highest BCUT2D eigenvalue weighted by molar-refractivity contribution is 6.27. The minimum absolute atomic E-state index is 0.183. The van der Waals surface area contributed by atoms with Gasteiger partial charge >= 0.3 is 11.9 Å². The number of carboxylic acids is 2. The quantitative estimate of drug-likeness (QED) is 0.501. The van der Waals surface area contributed by atoms with E-state index in [1.807, 2.05) is 36.4 Å². The van der Waals surface area contributed by atoms with Gasteiger partial charge in [0, 0.05) is 32.7 Å². The zero-order chi connectivity index (χ0) is 24.2. The van der Waals surface area contributed by atoms with Crippen LogP contribution in [0.2, 0.25) is 0 Å². The van der Waals surface area contributed by atoms with E-state index >= 15 is 0 Å². The van der Waals surface area contributed by atoms with Gasteiger partial charge in [-0.15, -0.1) is 0 Å². The average Bonchev–Trinajstić information content (AvgIpc) is 2.80. The Morgan fingerprint density at radius 3 is 2.30 bits per heavy atom. The van der Waals surface area contributed by atoms with Crippen LogP contribution < -0.4 is 9.64 Å². The van der Waals surface area contributed by atoms with Crippen molar-refractivity contribution in [1.29, 1.82) is 0 Å². The van der Waals surface area contributed by atoms with E-state index in [0.29, 0.717) is 18.8 Å². The molecule has 2 aromatic rings. The number of hydrogen-bond acceptors (Lipinski definition) is 7. The Kier molecular flexibility index (Phi) is 10.5. The van der Waals surface area contributed by atoms with E-state index in [2.05, 4.69) is 9.80 Å². The van der Waals surface area contributed by atoms with Crippen LogP contribution in [0.5, 0.6) is 5.75 Å². The van der Waals surface area contributed by atoms with Crippen molar-refractivity contribution in [3.8, 4) is 5.75 Å². The molecule has 0 radical (unpaired) electrons. The van der Waals surface area contributed by atoms with Gasteiger partial charge in [-0.1, -0.05) is 24.3 Å². The third kappa shape index (κ3) is 9.05. The summed E-state index contributed by atoms with van der Waals surface area (Å²) in [4.78, 5) is 22.4. The molecule has 1 fully saturated rings. The summed E-state index contributed by atoms with van der Waals surface area (Å²) in [7, 11) is 1.63. The Balaban J connectivity index is 0.000000569. The SMILES string of the molecule is COc1cccc(COCC(O)CN2CCN(c3ccccc3F)CC2)c1.O=C(O)C(=O)O. The molecular weight excluding hydrogens is 435 g/mol. The zero-order valence-corrected chi connectivity index (χ0v) is 18.4. The topological polar surface area (TPSA) is 120 Å². The number of aliphatic carboxylic acids is 2. The van der Waals surface area contributed by atoms with Gasteiger partial charge in [0.25, 0.3) is 0 Å². The number of halogens is 1. The highest BCUT2D eigenvalue weighted by Gasteiger charge is 2.21. The number of aliphatic hydroxyl groups is 1. The highest BCUT2D eigenvalue weighted by Crippen LogP contribution is 2.20. The molecule has 10 heteroatoms. The molecule has 0 aliphatic carbocycles. The number of hydrogen-bond donors (Lipinski definition) is 3. The maximum absolute atomic E-state index is 13.9. The molecule has 9 nitrogen and oxygen atoms in total. The van der Waals surface area contributed by atoms with E-state index in [-0.39, 0.29) is 12.4 Å². The Bertz CT molecular complexity index is 892. The maximum atomic E-state index is 13.9. The van der Waals surface area contributed by atoms with Gasteiger partial charge < -0.3 is 29.7 Å². The van der Waals surface area contributed by atoms with E-state index in [1.54, 1.807) is 13.2 Å². The third-order valence-corrected chi connectivity index (χ3v) is 4.93. The normalized spacial score (nSPS) is 14.7. The van der Waals surface area contributed by atoms with Gasteiger partial charge in [0.2, 0.25) is 0 Å². The van der Waals surface area contributed by atoms with E-state index in [9.17, 15) is 9.50 Å². The van der Waals surface area contributed by atoms with Crippen molar-refractivity contribution in [2.75, 3.05) is 51.3 Å². The maximum Gasteiger partial charge on any atom is 0.414 e. The van der Waals surface area contributed by atoms with Crippen molar-refractivity contribution in [2.45, 2.75) is 12.7 Å². The van der Waals surface area contributed by atoms with Crippen LogP contribution in [-0.4, -0.2) is 84.7 Å². The molecule has 180 valence electrons. The lowest BCUT2D eigenvalue weighted by molar-refractivity contribution is -0.159. The number of nitrogens with zero attached hydrogens (tertiary/aromatic N) is 2. The molecule has 1 aliphatic rings. The van der Waals surface area contributed by atoms with Crippen LogP contribution in [0.25, 0.3) is 0 Å².